The fourth-order valence-electron chi connectivity index (χ4n) is 3.43. The summed E-state index contributed by atoms with van der Waals surface area (Å²) < 4.78 is 22.7. The number of nitrogens with two attached hydrogens (primary N) is 1. The minimum absolute atomic E-state index is 0.0554. The predicted octanol–water partition coefficient (Wildman–Crippen LogP) is 4.43. The molecule has 2 aromatic carbocycles. The topological polar surface area (TPSA) is 89.3 Å². The Morgan fingerprint density at radius 3 is 2.19 bits per heavy atom. The number of benzene rings is 2. The molecule has 0 saturated heterocycles. The number of amides is 1. The summed E-state index contributed by atoms with van der Waals surface area (Å²) in [5, 5.41) is 10.3. The Labute approximate surface area is 188 Å². The van der Waals surface area contributed by atoms with Crippen molar-refractivity contribution in [3.63, 3.8) is 0 Å². The lowest BCUT2D eigenvalue weighted by atomic mass is 9.98. The number of thiophene rings is 1. The van der Waals surface area contributed by atoms with Crippen molar-refractivity contribution in [3.8, 4) is 0 Å². The van der Waals surface area contributed by atoms with Gasteiger partial charge in [-0.15, -0.1) is 11.3 Å². The number of carbonyl (C=O) groups excluding carboxylic acids is 1. The first-order valence-electron chi connectivity index (χ1n) is 10.3. The minimum Gasteiger partial charge on any atom is -0.344 e. The highest BCUT2D eigenvalue weighted by Gasteiger charge is 2.18. The maximum atomic E-state index is 12.7. The van der Waals surface area contributed by atoms with E-state index in [9.17, 15) is 13.2 Å². The molecule has 3 rings (SSSR count). The number of hydrogen-bond donors (Lipinski definition) is 2. The molecule has 1 aromatic heterocycles. The third-order valence-corrected chi connectivity index (χ3v) is 6.85. The van der Waals surface area contributed by atoms with Crippen LogP contribution in [-0.4, -0.2) is 14.3 Å². The zero-order chi connectivity index (χ0) is 22.4. The van der Waals surface area contributed by atoms with Crippen molar-refractivity contribution < 1.29 is 13.2 Å². The molecule has 164 valence electrons. The summed E-state index contributed by atoms with van der Waals surface area (Å²) in [5.74, 6) is 0.540. The number of primary sulfonamides is 1. The van der Waals surface area contributed by atoms with E-state index in [-0.39, 0.29) is 16.8 Å². The van der Waals surface area contributed by atoms with Gasteiger partial charge in [-0.1, -0.05) is 56.3 Å². The van der Waals surface area contributed by atoms with E-state index in [2.05, 4.69) is 43.4 Å². The Hall–Kier alpha value is -2.48. The van der Waals surface area contributed by atoms with Gasteiger partial charge in [0.25, 0.3) is 0 Å². The summed E-state index contributed by atoms with van der Waals surface area (Å²) in [6, 6.07) is 18.6. The van der Waals surface area contributed by atoms with Gasteiger partial charge >= 0.3 is 0 Å². The van der Waals surface area contributed by atoms with Gasteiger partial charge in [-0.3, -0.25) is 4.79 Å². The van der Waals surface area contributed by atoms with Crippen LogP contribution in [0.1, 0.15) is 47.9 Å². The summed E-state index contributed by atoms with van der Waals surface area (Å²) >= 11 is 1.62. The first-order chi connectivity index (χ1) is 14.7. The predicted molar refractivity (Wildman–Crippen MR) is 125 cm³/mol. The van der Waals surface area contributed by atoms with Gasteiger partial charge in [-0.2, -0.15) is 0 Å². The summed E-state index contributed by atoms with van der Waals surface area (Å²) in [5.41, 5.74) is 3.23. The largest absolute Gasteiger partial charge is 0.344 e. The van der Waals surface area contributed by atoms with Crippen molar-refractivity contribution in [2.24, 2.45) is 11.1 Å². The standard InChI is InChI=1S/C24H28N2O3S2/c1-17(2)16-19-5-10-20(11-6-19)24(22-4-3-15-30-22)26-23(27)14-9-18-7-12-21(13-8-18)31(25,28)29/h3-8,10-13,15,17,24H,9,14,16H2,1-2H3,(H,26,27)(H2,25,28,29)/t24-/m0/s1. The first-order valence-corrected chi connectivity index (χ1v) is 12.7. The second-order valence-electron chi connectivity index (χ2n) is 8.04. The molecule has 0 unspecified atom stereocenters. The molecular weight excluding hydrogens is 428 g/mol. The molecule has 1 atom stereocenters. The summed E-state index contributed by atoms with van der Waals surface area (Å²) in [7, 11) is -3.71. The fourth-order valence-corrected chi connectivity index (χ4v) is 4.75. The number of rotatable bonds is 9. The van der Waals surface area contributed by atoms with Gasteiger partial charge in [-0.05, 0) is 59.0 Å². The molecule has 0 bridgehead atoms. The zero-order valence-electron chi connectivity index (χ0n) is 17.7. The molecule has 0 saturated carbocycles. The molecule has 3 aromatic rings. The molecule has 7 heteroatoms. The quantitative estimate of drug-likeness (QED) is 0.499. The van der Waals surface area contributed by atoms with E-state index in [0.717, 1.165) is 22.4 Å². The highest BCUT2D eigenvalue weighted by molar-refractivity contribution is 7.89. The second kappa shape index (κ2) is 10.2. The molecule has 0 aliphatic heterocycles. The van der Waals surface area contributed by atoms with Gasteiger partial charge in [0.2, 0.25) is 15.9 Å². The molecule has 0 aliphatic rings. The van der Waals surface area contributed by atoms with Gasteiger partial charge in [-0.25, -0.2) is 13.6 Å². The van der Waals surface area contributed by atoms with Crippen LogP contribution in [0.3, 0.4) is 0 Å². The normalized spacial score (nSPS) is 12.6. The molecular formula is C24H28N2O3S2. The Balaban J connectivity index is 1.67. The van der Waals surface area contributed by atoms with Crippen LogP contribution in [0.15, 0.2) is 70.9 Å². The molecule has 0 spiro atoms. The molecule has 0 fully saturated rings. The Morgan fingerprint density at radius 2 is 1.65 bits per heavy atom. The van der Waals surface area contributed by atoms with Crippen LogP contribution in [0, 0.1) is 5.92 Å². The highest BCUT2D eigenvalue weighted by Crippen LogP contribution is 2.27. The van der Waals surface area contributed by atoms with Crippen LogP contribution in [-0.2, 0) is 27.7 Å². The zero-order valence-corrected chi connectivity index (χ0v) is 19.4. The maximum Gasteiger partial charge on any atom is 0.238 e. The van der Waals surface area contributed by atoms with Crippen molar-refractivity contribution in [2.75, 3.05) is 0 Å². The number of sulfonamides is 1. The molecule has 5 nitrogen and oxygen atoms in total. The van der Waals surface area contributed by atoms with Crippen molar-refractivity contribution in [1.29, 1.82) is 0 Å². The smallest absolute Gasteiger partial charge is 0.238 e. The van der Waals surface area contributed by atoms with Gasteiger partial charge in [0.05, 0.1) is 10.9 Å². The lowest BCUT2D eigenvalue weighted by Gasteiger charge is -2.19. The monoisotopic (exact) mass is 456 g/mol. The van der Waals surface area contributed by atoms with Gasteiger partial charge in [0.1, 0.15) is 0 Å². The van der Waals surface area contributed by atoms with Crippen LogP contribution in [0.4, 0.5) is 0 Å². The van der Waals surface area contributed by atoms with Gasteiger partial charge < -0.3 is 5.32 Å². The average molecular weight is 457 g/mol. The summed E-state index contributed by atoms with van der Waals surface area (Å²) in [4.78, 5) is 13.9. The Morgan fingerprint density at radius 1 is 1.00 bits per heavy atom. The van der Waals surface area contributed by atoms with Crippen LogP contribution in [0.25, 0.3) is 0 Å². The van der Waals surface area contributed by atoms with E-state index >= 15 is 0 Å². The van der Waals surface area contributed by atoms with Crippen molar-refractivity contribution in [2.45, 2.75) is 44.0 Å². The van der Waals surface area contributed by atoms with E-state index in [1.54, 1.807) is 23.5 Å². The lowest BCUT2D eigenvalue weighted by molar-refractivity contribution is -0.121. The molecule has 1 amide bonds. The number of aryl methyl sites for hydroxylation is 1. The summed E-state index contributed by atoms with van der Waals surface area (Å²) in [6.07, 6.45) is 1.85. The van der Waals surface area contributed by atoms with Crippen molar-refractivity contribution in [1.82, 2.24) is 5.32 Å². The Bertz CT molecular complexity index is 1090. The minimum atomic E-state index is -3.71. The van der Waals surface area contributed by atoms with Crippen LogP contribution < -0.4 is 10.5 Å². The summed E-state index contributed by atoms with van der Waals surface area (Å²) in [6.45, 7) is 4.40. The number of hydrogen-bond acceptors (Lipinski definition) is 4. The van der Waals surface area contributed by atoms with E-state index in [4.69, 9.17) is 5.14 Å². The third kappa shape index (κ3) is 6.75. The first kappa shape index (κ1) is 23.2. The number of carbonyl (C=O) groups is 1. The van der Waals surface area contributed by atoms with E-state index in [1.165, 1.54) is 17.7 Å². The molecule has 0 aliphatic carbocycles. The fraction of sp³-hybridized carbons (Fsp3) is 0.292. The number of nitrogens with one attached hydrogen (secondary N) is 1. The van der Waals surface area contributed by atoms with Gasteiger partial charge in [0.15, 0.2) is 0 Å². The van der Waals surface area contributed by atoms with Crippen LogP contribution in [0.5, 0.6) is 0 Å². The van der Waals surface area contributed by atoms with E-state index < -0.39 is 10.0 Å². The highest BCUT2D eigenvalue weighted by atomic mass is 32.2. The van der Waals surface area contributed by atoms with Crippen LogP contribution in [0.2, 0.25) is 0 Å². The Kier molecular flexibility index (Phi) is 7.64. The van der Waals surface area contributed by atoms with E-state index in [1.807, 2.05) is 17.5 Å². The van der Waals surface area contributed by atoms with Gasteiger partial charge in [0, 0.05) is 11.3 Å². The SMILES string of the molecule is CC(C)Cc1ccc([C@H](NC(=O)CCc2ccc(S(N)(=O)=O)cc2)c2cccs2)cc1. The molecule has 31 heavy (non-hydrogen) atoms. The maximum absolute atomic E-state index is 12.7. The molecule has 3 N–H and O–H groups in total. The average Bonchev–Trinajstić information content (AvgIpc) is 3.25. The van der Waals surface area contributed by atoms with Crippen LogP contribution >= 0.6 is 11.3 Å². The second-order valence-corrected chi connectivity index (χ2v) is 10.6. The molecule has 0 radical (unpaired) electrons. The van der Waals surface area contributed by atoms with Crippen molar-refractivity contribution in [3.05, 3.63) is 87.6 Å². The molecule has 1 heterocycles. The third-order valence-electron chi connectivity index (χ3n) is 4.98. The lowest BCUT2D eigenvalue weighted by Crippen LogP contribution is -2.29. The van der Waals surface area contributed by atoms with E-state index in [0.29, 0.717) is 18.8 Å². The van der Waals surface area contributed by atoms with Crippen molar-refractivity contribution >= 4 is 27.3 Å².